The third kappa shape index (κ3) is 2.41. The van der Waals surface area contributed by atoms with E-state index in [2.05, 4.69) is 9.97 Å². The molecule has 88 valence electrons. The first-order valence-corrected chi connectivity index (χ1v) is 5.47. The van der Waals surface area contributed by atoms with Gasteiger partial charge in [0.1, 0.15) is 11.6 Å². The molecule has 1 heterocycles. The lowest BCUT2D eigenvalue weighted by Crippen LogP contribution is -2.10. The van der Waals surface area contributed by atoms with Crippen molar-refractivity contribution < 1.29 is 4.39 Å². The lowest BCUT2D eigenvalue weighted by atomic mass is 10.1. The molecule has 4 heteroatoms. The molecule has 1 aromatic heterocycles. The van der Waals surface area contributed by atoms with E-state index in [-0.39, 0.29) is 11.4 Å². The van der Waals surface area contributed by atoms with Gasteiger partial charge in [-0.05, 0) is 19.1 Å². The van der Waals surface area contributed by atoms with E-state index in [0.717, 1.165) is 5.56 Å². The third-order valence-corrected chi connectivity index (χ3v) is 2.52. The van der Waals surface area contributed by atoms with E-state index in [1.165, 1.54) is 12.1 Å². The van der Waals surface area contributed by atoms with Crippen LogP contribution in [0.4, 0.5) is 4.39 Å². The van der Waals surface area contributed by atoms with Crippen molar-refractivity contribution in [1.29, 1.82) is 0 Å². The molecule has 0 amide bonds. The number of aromatic amines is 1. The maximum atomic E-state index is 13.7. The van der Waals surface area contributed by atoms with Crippen LogP contribution in [-0.2, 0) is 6.42 Å². The third-order valence-electron chi connectivity index (χ3n) is 2.52. The fourth-order valence-electron chi connectivity index (χ4n) is 1.65. The van der Waals surface area contributed by atoms with Crippen LogP contribution >= 0.6 is 0 Å². The van der Waals surface area contributed by atoms with Gasteiger partial charge >= 0.3 is 0 Å². The second-order valence-electron chi connectivity index (χ2n) is 3.91. The minimum Gasteiger partial charge on any atom is -0.311 e. The van der Waals surface area contributed by atoms with Gasteiger partial charge < -0.3 is 4.98 Å². The second kappa shape index (κ2) is 4.49. The van der Waals surface area contributed by atoms with Crippen LogP contribution in [0, 0.1) is 12.7 Å². The Labute approximate surface area is 98.3 Å². The number of hydrogen-bond acceptors (Lipinski definition) is 2. The quantitative estimate of drug-likeness (QED) is 0.864. The molecule has 2 rings (SSSR count). The van der Waals surface area contributed by atoms with Crippen molar-refractivity contribution in [2.45, 2.75) is 20.3 Å². The number of nitrogens with zero attached hydrogens (tertiary/aromatic N) is 1. The summed E-state index contributed by atoms with van der Waals surface area (Å²) in [5.74, 6) is 0.198. The van der Waals surface area contributed by atoms with Crippen LogP contribution < -0.4 is 5.56 Å². The smallest absolute Gasteiger partial charge is 0.251 e. The van der Waals surface area contributed by atoms with Crippen LogP contribution in [0.1, 0.15) is 18.3 Å². The Balaban J connectivity index is 2.63. The summed E-state index contributed by atoms with van der Waals surface area (Å²) in [6.07, 6.45) is 0.608. The molecular formula is C13H13FN2O. The van der Waals surface area contributed by atoms with Crippen LogP contribution in [0.25, 0.3) is 11.3 Å². The van der Waals surface area contributed by atoms with E-state index in [1.54, 1.807) is 12.1 Å². The lowest BCUT2D eigenvalue weighted by molar-refractivity contribution is 0.630. The highest BCUT2D eigenvalue weighted by Gasteiger charge is 2.08. The van der Waals surface area contributed by atoms with Crippen LogP contribution in [-0.4, -0.2) is 9.97 Å². The molecule has 0 unspecified atom stereocenters. The first kappa shape index (κ1) is 11.5. The molecule has 0 saturated carbocycles. The Hall–Kier alpha value is -1.97. The first-order chi connectivity index (χ1) is 8.10. The van der Waals surface area contributed by atoms with Crippen molar-refractivity contribution in [2.24, 2.45) is 0 Å². The zero-order valence-corrected chi connectivity index (χ0v) is 9.75. The van der Waals surface area contributed by atoms with Gasteiger partial charge in [0.05, 0.1) is 5.69 Å². The number of nitrogens with one attached hydrogen (secondary N) is 1. The summed E-state index contributed by atoms with van der Waals surface area (Å²) in [7, 11) is 0. The molecule has 0 aliphatic heterocycles. The summed E-state index contributed by atoms with van der Waals surface area (Å²) in [4.78, 5) is 18.3. The highest BCUT2D eigenvalue weighted by molar-refractivity contribution is 5.60. The van der Waals surface area contributed by atoms with Crippen molar-refractivity contribution >= 4 is 0 Å². The van der Waals surface area contributed by atoms with Crippen molar-refractivity contribution in [3.63, 3.8) is 0 Å². The van der Waals surface area contributed by atoms with E-state index in [9.17, 15) is 9.18 Å². The summed E-state index contributed by atoms with van der Waals surface area (Å²) >= 11 is 0. The average molecular weight is 232 g/mol. The molecule has 17 heavy (non-hydrogen) atoms. The Kier molecular flexibility index (Phi) is 3.04. The van der Waals surface area contributed by atoms with E-state index in [1.807, 2.05) is 13.8 Å². The first-order valence-electron chi connectivity index (χ1n) is 5.47. The molecule has 0 bridgehead atoms. The van der Waals surface area contributed by atoms with Gasteiger partial charge in [0.15, 0.2) is 0 Å². The predicted molar refractivity (Wildman–Crippen MR) is 64.4 cm³/mol. The minimum absolute atomic E-state index is 0.257. The van der Waals surface area contributed by atoms with Crippen molar-refractivity contribution in [2.75, 3.05) is 0 Å². The highest BCUT2D eigenvalue weighted by atomic mass is 19.1. The standard InChI is InChI=1S/C13H13FN2O/c1-3-12-15-11(7-13(17)16-12)9-6-8(2)4-5-10(9)14/h4-7H,3H2,1-2H3,(H,15,16,17). The Bertz CT molecular complexity index is 605. The molecule has 0 saturated heterocycles. The van der Waals surface area contributed by atoms with Gasteiger partial charge in [-0.25, -0.2) is 9.37 Å². The van der Waals surface area contributed by atoms with Crippen molar-refractivity contribution in [3.05, 3.63) is 51.8 Å². The van der Waals surface area contributed by atoms with Gasteiger partial charge in [0, 0.05) is 18.1 Å². The summed E-state index contributed by atoms with van der Waals surface area (Å²) in [5, 5.41) is 0. The molecule has 0 spiro atoms. The molecule has 0 atom stereocenters. The van der Waals surface area contributed by atoms with Gasteiger partial charge in [-0.3, -0.25) is 4.79 Å². The topological polar surface area (TPSA) is 45.8 Å². The highest BCUT2D eigenvalue weighted by Crippen LogP contribution is 2.20. The molecule has 0 radical (unpaired) electrons. The van der Waals surface area contributed by atoms with Gasteiger partial charge in [-0.15, -0.1) is 0 Å². The lowest BCUT2D eigenvalue weighted by Gasteiger charge is -2.05. The number of aromatic nitrogens is 2. The minimum atomic E-state index is -0.365. The van der Waals surface area contributed by atoms with Crippen molar-refractivity contribution in [1.82, 2.24) is 9.97 Å². The summed E-state index contributed by atoms with van der Waals surface area (Å²) < 4.78 is 13.7. The van der Waals surface area contributed by atoms with E-state index >= 15 is 0 Å². The molecule has 1 aromatic carbocycles. The van der Waals surface area contributed by atoms with Gasteiger partial charge in [0.25, 0.3) is 5.56 Å². The number of H-pyrrole nitrogens is 1. The number of rotatable bonds is 2. The number of halogens is 1. The maximum absolute atomic E-state index is 13.7. The van der Waals surface area contributed by atoms with Crippen LogP contribution in [0.15, 0.2) is 29.1 Å². The normalized spacial score (nSPS) is 10.5. The zero-order valence-electron chi connectivity index (χ0n) is 9.75. The molecule has 0 aliphatic rings. The van der Waals surface area contributed by atoms with Gasteiger partial charge in [0.2, 0.25) is 0 Å². The average Bonchev–Trinajstić information content (AvgIpc) is 2.31. The fraction of sp³-hybridized carbons (Fsp3) is 0.231. The molecule has 1 N–H and O–H groups in total. The number of aryl methyl sites for hydroxylation is 2. The fourth-order valence-corrected chi connectivity index (χ4v) is 1.65. The predicted octanol–water partition coefficient (Wildman–Crippen LogP) is 2.45. The molecule has 2 aromatic rings. The second-order valence-corrected chi connectivity index (χ2v) is 3.91. The number of hydrogen-bond donors (Lipinski definition) is 1. The Morgan fingerprint density at radius 2 is 2.12 bits per heavy atom. The molecular weight excluding hydrogens is 219 g/mol. The van der Waals surface area contributed by atoms with E-state index in [0.29, 0.717) is 23.5 Å². The summed E-state index contributed by atoms with van der Waals surface area (Å²) in [6.45, 7) is 3.76. The summed E-state index contributed by atoms with van der Waals surface area (Å²) in [6, 6.07) is 6.08. The molecule has 3 nitrogen and oxygen atoms in total. The summed E-state index contributed by atoms with van der Waals surface area (Å²) in [5.41, 5.74) is 1.42. The van der Waals surface area contributed by atoms with E-state index < -0.39 is 0 Å². The van der Waals surface area contributed by atoms with Gasteiger partial charge in [-0.1, -0.05) is 18.6 Å². The molecule has 0 fully saturated rings. The Morgan fingerprint density at radius 1 is 1.35 bits per heavy atom. The van der Waals surface area contributed by atoms with Gasteiger partial charge in [-0.2, -0.15) is 0 Å². The maximum Gasteiger partial charge on any atom is 0.251 e. The largest absolute Gasteiger partial charge is 0.311 e. The Morgan fingerprint density at radius 3 is 2.82 bits per heavy atom. The van der Waals surface area contributed by atoms with Crippen molar-refractivity contribution in [3.8, 4) is 11.3 Å². The van der Waals surface area contributed by atoms with Crippen LogP contribution in [0.2, 0.25) is 0 Å². The number of benzene rings is 1. The molecule has 0 aliphatic carbocycles. The SMILES string of the molecule is CCc1nc(-c2cc(C)ccc2F)cc(=O)[nH]1. The van der Waals surface area contributed by atoms with E-state index in [4.69, 9.17) is 0 Å². The monoisotopic (exact) mass is 232 g/mol. The zero-order chi connectivity index (χ0) is 12.4. The van der Waals surface area contributed by atoms with Crippen LogP contribution in [0.3, 0.4) is 0 Å². The van der Waals surface area contributed by atoms with Crippen LogP contribution in [0.5, 0.6) is 0 Å².